The average Bonchev–Trinajstić information content (AvgIpc) is 1.53. The maximum absolute atomic E-state index is 2.64. The van der Waals surface area contributed by atoms with Crippen molar-refractivity contribution in [1.82, 2.24) is 8.80 Å². The SMILES string of the molecule is CC(C)(C)c1cccc2c3c(N(c4ccccc4)c4ccc(-c5ccc6ccccc6c5)cc4)ccc4c5cc6c(cc5n(c12)c43)c1ccc(N(c2ccccc2)c2ccc(-c3ccc4ccccc4c3)cc2)c2c3cccc(C(C)(C)C)c3n6c12. The smallest absolute Gasteiger partial charge is 0.0641 e. The fourth-order valence-electron chi connectivity index (χ4n) is 14.6. The van der Waals surface area contributed by atoms with Gasteiger partial charge in [-0.3, -0.25) is 0 Å². The molecule has 4 aromatic heterocycles. The average molecular weight is 1100 g/mol. The van der Waals surface area contributed by atoms with Gasteiger partial charge in [0, 0.05) is 65.8 Å². The molecule has 0 spiro atoms. The molecule has 17 aromatic rings. The van der Waals surface area contributed by atoms with Crippen molar-refractivity contribution in [3.8, 4) is 22.3 Å². The molecule has 86 heavy (non-hydrogen) atoms. The normalized spacial score (nSPS) is 12.5. The van der Waals surface area contributed by atoms with Crippen LogP contribution in [-0.2, 0) is 10.8 Å². The van der Waals surface area contributed by atoms with E-state index >= 15 is 0 Å². The minimum Gasteiger partial charge on any atom is -0.310 e. The maximum Gasteiger partial charge on any atom is 0.0641 e. The molecule has 0 aliphatic carbocycles. The predicted octanol–water partition coefficient (Wildman–Crippen LogP) is 23.2. The number of hydrogen-bond donors (Lipinski definition) is 0. The highest BCUT2D eigenvalue weighted by Crippen LogP contribution is 2.53. The lowest BCUT2D eigenvalue weighted by molar-refractivity contribution is 0.594. The Hall–Kier alpha value is -10.4. The molecule has 17 rings (SSSR count). The van der Waals surface area contributed by atoms with E-state index in [9.17, 15) is 0 Å². The topological polar surface area (TPSA) is 15.3 Å². The van der Waals surface area contributed by atoms with Crippen LogP contribution in [0.2, 0.25) is 0 Å². The highest BCUT2D eigenvalue weighted by molar-refractivity contribution is 6.32. The van der Waals surface area contributed by atoms with Gasteiger partial charge in [-0.1, -0.05) is 224 Å². The molecule has 0 N–H and O–H groups in total. The molecule has 410 valence electrons. The first-order valence-electron chi connectivity index (χ1n) is 30.2. The van der Waals surface area contributed by atoms with E-state index in [2.05, 4.69) is 327 Å². The fraction of sp³-hybridized carbons (Fsp3) is 0.0976. The van der Waals surface area contributed by atoms with E-state index in [4.69, 9.17) is 0 Å². The van der Waals surface area contributed by atoms with Gasteiger partial charge in [-0.05, 0) is 151 Å². The number of nitrogens with zero attached hydrogens (tertiary/aromatic N) is 4. The first-order chi connectivity index (χ1) is 41.9. The molecular weight excluding hydrogens is 1040 g/mol. The van der Waals surface area contributed by atoms with E-state index in [1.807, 2.05) is 0 Å². The van der Waals surface area contributed by atoms with E-state index in [0.717, 1.165) is 34.1 Å². The molecule has 4 heterocycles. The summed E-state index contributed by atoms with van der Waals surface area (Å²) in [6, 6.07) is 99.7. The van der Waals surface area contributed by atoms with Gasteiger partial charge in [-0.25, -0.2) is 0 Å². The van der Waals surface area contributed by atoms with Gasteiger partial charge in [0.15, 0.2) is 0 Å². The van der Waals surface area contributed by atoms with E-state index in [1.165, 1.54) is 131 Å². The number of para-hydroxylation sites is 4. The molecule has 4 nitrogen and oxygen atoms in total. The van der Waals surface area contributed by atoms with Crippen LogP contribution in [0.5, 0.6) is 0 Å². The Balaban J connectivity index is 0.912. The van der Waals surface area contributed by atoms with Gasteiger partial charge in [0.1, 0.15) is 0 Å². The zero-order valence-electron chi connectivity index (χ0n) is 49.2. The molecule has 0 aliphatic heterocycles. The largest absolute Gasteiger partial charge is 0.310 e. The lowest BCUT2D eigenvalue weighted by atomic mass is 9.85. The summed E-state index contributed by atoms with van der Waals surface area (Å²) in [5.41, 5.74) is 21.4. The van der Waals surface area contributed by atoms with Crippen LogP contribution in [0.3, 0.4) is 0 Å². The van der Waals surface area contributed by atoms with Crippen molar-refractivity contribution in [2.45, 2.75) is 52.4 Å². The van der Waals surface area contributed by atoms with Crippen molar-refractivity contribution in [1.29, 1.82) is 0 Å². The second-order valence-corrected chi connectivity index (χ2v) is 25.7. The molecule has 0 aliphatic rings. The van der Waals surface area contributed by atoms with Crippen molar-refractivity contribution >= 4 is 132 Å². The Labute approximate surface area is 500 Å². The van der Waals surface area contributed by atoms with Crippen LogP contribution in [0, 0.1) is 0 Å². The second-order valence-electron chi connectivity index (χ2n) is 25.7. The lowest BCUT2D eigenvalue weighted by Crippen LogP contribution is -2.12. The number of fused-ring (bicyclic) bond motifs is 14. The maximum atomic E-state index is 2.64. The van der Waals surface area contributed by atoms with Crippen molar-refractivity contribution in [3.05, 3.63) is 278 Å². The molecule has 0 unspecified atom stereocenters. The summed E-state index contributed by atoms with van der Waals surface area (Å²) in [4.78, 5) is 4.95. The summed E-state index contributed by atoms with van der Waals surface area (Å²) in [6.07, 6.45) is 0. The van der Waals surface area contributed by atoms with Crippen LogP contribution >= 0.6 is 0 Å². The van der Waals surface area contributed by atoms with Gasteiger partial charge in [0.05, 0.1) is 44.5 Å². The van der Waals surface area contributed by atoms with Crippen molar-refractivity contribution in [2.75, 3.05) is 9.80 Å². The molecule has 0 fully saturated rings. The molecule has 13 aromatic carbocycles. The van der Waals surface area contributed by atoms with Gasteiger partial charge in [-0.2, -0.15) is 0 Å². The highest BCUT2D eigenvalue weighted by atomic mass is 15.2. The molecule has 0 amide bonds. The molecule has 0 atom stereocenters. The minimum absolute atomic E-state index is 0.144. The van der Waals surface area contributed by atoms with E-state index in [-0.39, 0.29) is 10.8 Å². The van der Waals surface area contributed by atoms with Crippen molar-refractivity contribution in [3.63, 3.8) is 0 Å². The Kier molecular flexibility index (Phi) is 10.8. The van der Waals surface area contributed by atoms with E-state index in [0.29, 0.717) is 0 Å². The number of aromatic nitrogens is 2. The summed E-state index contributed by atoms with van der Waals surface area (Å²) in [6.45, 7) is 14.2. The monoisotopic (exact) mass is 1100 g/mol. The number of rotatable bonds is 8. The number of anilines is 6. The number of hydrogen-bond acceptors (Lipinski definition) is 2. The van der Waals surface area contributed by atoms with Gasteiger partial charge >= 0.3 is 0 Å². The van der Waals surface area contributed by atoms with E-state index < -0.39 is 0 Å². The van der Waals surface area contributed by atoms with Gasteiger partial charge in [0.2, 0.25) is 0 Å². The zero-order chi connectivity index (χ0) is 57.7. The standard InChI is InChI=1S/C82H62N4/c1-81(2,3)69-29-17-27-65-75-71(83(59-23-9-7-10-24-59)61-39-35-53(36-40-61)57-33-31-51-19-13-15-21-55(51)47-57)45-43-63-67-50-74-68(49-73(67)85(77(65)69)79(63)75)64-44-46-72(76-66-28-18-30-70(82(4,5)6)78(66)86(74)80(64)76)84(60-25-11-8-12-26-60)62-41-37-54(38-42-62)58-34-32-52-20-14-16-22-56(52)48-58/h7-50H,1-6H3. The molecule has 0 saturated carbocycles. The Morgan fingerprint density at radius 3 is 1.01 bits per heavy atom. The molecule has 4 heteroatoms. The van der Waals surface area contributed by atoms with Crippen LogP contribution in [0.15, 0.2) is 267 Å². The molecule has 0 radical (unpaired) electrons. The third-order valence-corrected chi connectivity index (χ3v) is 18.5. The molecule has 0 bridgehead atoms. The van der Waals surface area contributed by atoms with Gasteiger partial charge in [-0.15, -0.1) is 0 Å². The second kappa shape index (κ2) is 18.5. The predicted molar refractivity (Wildman–Crippen MR) is 368 cm³/mol. The molecular formula is C82H62N4. The zero-order valence-corrected chi connectivity index (χ0v) is 49.2. The first kappa shape index (κ1) is 50.1. The van der Waals surface area contributed by atoms with Gasteiger partial charge in [0.25, 0.3) is 0 Å². The first-order valence-corrected chi connectivity index (χ1v) is 30.2. The molecule has 0 saturated heterocycles. The van der Waals surface area contributed by atoms with Crippen LogP contribution in [0.1, 0.15) is 52.7 Å². The summed E-state index contributed by atoms with van der Waals surface area (Å²) in [5.74, 6) is 0. The van der Waals surface area contributed by atoms with Crippen LogP contribution < -0.4 is 9.80 Å². The van der Waals surface area contributed by atoms with E-state index in [1.54, 1.807) is 0 Å². The van der Waals surface area contributed by atoms with Crippen LogP contribution in [0.25, 0.3) is 120 Å². The lowest BCUT2D eigenvalue weighted by Gasteiger charge is -2.27. The Morgan fingerprint density at radius 1 is 0.256 bits per heavy atom. The highest BCUT2D eigenvalue weighted by Gasteiger charge is 2.32. The summed E-state index contributed by atoms with van der Waals surface area (Å²) in [5, 5.41) is 15.0. The fourth-order valence-corrected chi connectivity index (χ4v) is 14.6. The summed E-state index contributed by atoms with van der Waals surface area (Å²) in [7, 11) is 0. The third kappa shape index (κ3) is 7.48. The Bertz CT molecular complexity index is 5170. The third-order valence-electron chi connectivity index (χ3n) is 18.5. The van der Waals surface area contributed by atoms with Crippen molar-refractivity contribution in [2.24, 2.45) is 0 Å². The summed E-state index contributed by atoms with van der Waals surface area (Å²) < 4.78 is 5.28. The van der Waals surface area contributed by atoms with Crippen LogP contribution in [-0.4, -0.2) is 8.80 Å². The van der Waals surface area contributed by atoms with Crippen LogP contribution in [0.4, 0.5) is 34.1 Å². The number of benzene rings is 13. The summed E-state index contributed by atoms with van der Waals surface area (Å²) >= 11 is 0. The minimum atomic E-state index is -0.144. The Morgan fingerprint density at radius 2 is 0.616 bits per heavy atom. The van der Waals surface area contributed by atoms with Crippen molar-refractivity contribution < 1.29 is 0 Å². The van der Waals surface area contributed by atoms with Gasteiger partial charge < -0.3 is 18.6 Å². The quantitative estimate of drug-likeness (QED) is 0.151.